The van der Waals surface area contributed by atoms with Crippen LogP contribution in [-0.2, 0) is 14.3 Å². The Bertz CT molecular complexity index is 1310. The SMILES string of the molecule is COC(=O)c1ccc2c(C3CCCCC3)c(-c3ccc(OC)cc3/C=C(\C)C(=O)NCC=O)[nH]c2c1. The van der Waals surface area contributed by atoms with E-state index in [1.165, 1.54) is 31.9 Å². The number of benzene rings is 2. The molecule has 1 aromatic heterocycles. The van der Waals surface area contributed by atoms with Gasteiger partial charge in [-0.25, -0.2) is 4.79 Å². The third-order valence-electron chi connectivity index (χ3n) is 6.88. The molecule has 1 fully saturated rings. The van der Waals surface area contributed by atoms with E-state index in [1.807, 2.05) is 42.5 Å². The molecule has 2 N–H and O–H groups in total. The Morgan fingerprint density at radius 2 is 1.86 bits per heavy atom. The molecule has 36 heavy (non-hydrogen) atoms. The van der Waals surface area contributed by atoms with E-state index in [1.54, 1.807) is 14.0 Å². The van der Waals surface area contributed by atoms with Crippen molar-refractivity contribution in [3.05, 3.63) is 58.7 Å². The highest BCUT2D eigenvalue weighted by atomic mass is 16.5. The van der Waals surface area contributed by atoms with Crippen LogP contribution >= 0.6 is 0 Å². The van der Waals surface area contributed by atoms with Crippen LogP contribution in [0.2, 0.25) is 0 Å². The second kappa shape index (κ2) is 11.2. The van der Waals surface area contributed by atoms with E-state index >= 15 is 0 Å². The summed E-state index contributed by atoms with van der Waals surface area (Å²) in [5.74, 6) is 0.386. The van der Waals surface area contributed by atoms with Crippen LogP contribution in [0.15, 0.2) is 42.0 Å². The van der Waals surface area contributed by atoms with Gasteiger partial charge in [-0.1, -0.05) is 25.3 Å². The van der Waals surface area contributed by atoms with Crippen LogP contribution in [0.25, 0.3) is 28.2 Å². The molecule has 0 unspecified atom stereocenters. The number of nitrogens with one attached hydrogen (secondary N) is 2. The Morgan fingerprint density at radius 3 is 2.56 bits per heavy atom. The van der Waals surface area contributed by atoms with Gasteiger partial charge < -0.3 is 24.6 Å². The molecule has 0 atom stereocenters. The molecule has 1 aliphatic rings. The number of esters is 1. The lowest BCUT2D eigenvalue weighted by atomic mass is 9.81. The van der Waals surface area contributed by atoms with Crippen LogP contribution in [0.4, 0.5) is 0 Å². The molecule has 188 valence electrons. The molecule has 1 saturated carbocycles. The molecule has 0 bridgehead atoms. The van der Waals surface area contributed by atoms with Gasteiger partial charge in [0.05, 0.1) is 32.0 Å². The van der Waals surface area contributed by atoms with E-state index in [-0.39, 0.29) is 18.4 Å². The first-order chi connectivity index (χ1) is 17.5. The van der Waals surface area contributed by atoms with Gasteiger partial charge in [-0.05, 0) is 73.2 Å². The summed E-state index contributed by atoms with van der Waals surface area (Å²) in [7, 11) is 2.99. The van der Waals surface area contributed by atoms with Crippen LogP contribution in [0, 0.1) is 0 Å². The molecule has 3 aromatic rings. The first-order valence-corrected chi connectivity index (χ1v) is 12.3. The van der Waals surface area contributed by atoms with Crippen molar-refractivity contribution in [2.75, 3.05) is 20.8 Å². The third-order valence-corrected chi connectivity index (χ3v) is 6.88. The number of carbonyl (C=O) groups is 3. The molecular formula is C29H32N2O5. The van der Waals surface area contributed by atoms with Gasteiger partial charge in [-0.2, -0.15) is 0 Å². The summed E-state index contributed by atoms with van der Waals surface area (Å²) in [5.41, 5.74) is 5.83. The Morgan fingerprint density at radius 1 is 1.08 bits per heavy atom. The number of fused-ring (bicyclic) bond motifs is 1. The van der Waals surface area contributed by atoms with Gasteiger partial charge in [0.25, 0.3) is 0 Å². The predicted octanol–water partition coefficient (Wildman–Crippen LogP) is 5.40. The summed E-state index contributed by atoms with van der Waals surface area (Å²) in [6.07, 6.45) is 8.29. The van der Waals surface area contributed by atoms with Gasteiger partial charge in [0.1, 0.15) is 12.0 Å². The van der Waals surface area contributed by atoms with Crippen LogP contribution in [0.5, 0.6) is 5.75 Å². The lowest BCUT2D eigenvalue weighted by molar-refractivity contribution is -0.119. The number of aldehydes is 1. The summed E-state index contributed by atoms with van der Waals surface area (Å²) in [4.78, 5) is 38.9. The molecule has 4 rings (SSSR count). The number of aromatic nitrogens is 1. The molecule has 0 aliphatic heterocycles. The highest BCUT2D eigenvalue weighted by molar-refractivity contribution is 6.01. The van der Waals surface area contributed by atoms with Crippen molar-refractivity contribution in [1.82, 2.24) is 10.3 Å². The smallest absolute Gasteiger partial charge is 0.337 e. The molecule has 0 spiro atoms. The van der Waals surface area contributed by atoms with Gasteiger partial charge in [-0.3, -0.25) is 4.79 Å². The van der Waals surface area contributed by atoms with Gasteiger partial charge in [0.15, 0.2) is 0 Å². The Kier molecular flexibility index (Phi) is 7.88. The number of carbonyl (C=O) groups excluding carboxylic acids is 3. The maximum absolute atomic E-state index is 12.5. The third kappa shape index (κ3) is 5.20. The minimum atomic E-state index is -0.378. The van der Waals surface area contributed by atoms with Crippen molar-refractivity contribution in [3.8, 4) is 17.0 Å². The first-order valence-electron chi connectivity index (χ1n) is 12.3. The standard InChI is InChI=1S/C29H32N2O5/c1-18(28(33)30-13-14-32)15-21-16-22(35-2)10-12-23(21)27-26(19-7-5-4-6-8-19)24-11-9-20(29(34)36-3)17-25(24)31-27/h9-12,14-17,19,31H,4-8,13H2,1-3H3,(H,30,33)/b18-15+. The summed E-state index contributed by atoms with van der Waals surface area (Å²) in [6.45, 7) is 1.69. The highest BCUT2D eigenvalue weighted by Crippen LogP contribution is 2.44. The predicted molar refractivity (Wildman–Crippen MR) is 140 cm³/mol. The number of methoxy groups -OCH3 is 2. The summed E-state index contributed by atoms with van der Waals surface area (Å²) in [6, 6.07) is 11.5. The fraction of sp³-hybridized carbons (Fsp3) is 0.345. The van der Waals surface area contributed by atoms with E-state index in [0.29, 0.717) is 29.1 Å². The molecule has 7 nitrogen and oxygen atoms in total. The van der Waals surface area contributed by atoms with E-state index in [0.717, 1.165) is 40.6 Å². The van der Waals surface area contributed by atoms with E-state index < -0.39 is 0 Å². The van der Waals surface area contributed by atoms with Crippen molar-refractivity contribution in [1.29, 1.82) is 0 Å². The zero-order chi connectivity index (χ0) is 25.7. The van der Waals surface area contributed by atoms with E-state index in [4.69, 9.17) is 9.47 Å². The monoisotopic (exact) mass is 488 g/mol. The molecule has 1 aliphatic carbocycles. The second-order valence-electron chi connectivity index (χ2n) is 9.16. The number of aromatic amines is 1. The number of ether oxygens (including phenoxy) is 2. The number of rotatable bonds is 8. The molecule has 1 amide bonds. The summed E-state index contributed by atoms with van der Waals surface area (Å²) >= 11 is 0. The van der Waals surface area contributed by atoms with Crippen molar-refractivity contribution >= 4 is 35.1 Å². The van der Waals surface area contributed by atoms with Gasteiger partial charge in [-0.15, -0.1) is 0 Å². The number of hydrogen-bond acceptors (Lipinski definition) is 5. The topological polar surface area (TPSA) is 97.5 Å². The Hall–Kier alpha value is -3.87. The van der Waals surface area contributed by atoms with E-state index in [9.17, 15) is 14.4 Å². The molecule has 0 radical (unpaired) electrons. The maximum atomic E-state index is 12.5. The lowest BCUT2D eigenvalue weighted by Gasteiger charge is -2.23. The highest BCUT2D eigenvalue weighted by Gasteiger charge is 2.25. The number of hydrogen-bond donors (Lipinski definition) is 2. The second-order valence-corrected chi connectivity index (χ2v) is 9.16. The number of amides is 1. The van der Waals surface area contributed by atoms with Crippen molar-refractivity contribution < 1.29 is 23.9 Å². The average molecular weight is 489 g/mol. The zero-order valence-electron chi connectivity index (χ0n) is 21.0. The summed E-state index contributed by atoms with van der Waals surface area (Å²) < 4.78 is 10.4. The van der Waals surface area contributed by atoms with Crippen LogP contribution in [0.3, 0.4) is 0 Å². The van der Waals surface area contributed by atoms with Crippen LogP contribution in [0.1, 0.15) is 66.4 Å². The quantitative estimate of drug-likeness (QED) is 0.251. The fourth-order valence-corrected chi connectivity index (χ4v) is 5.08. The minimum Gasteiger partial charge on any atom is -0.497 e. The first kappa shape index (κ1) is 25.2. The van der Waals surface area contributed by atoms with E-state index in [2.05, 4.69) is 10.3 Å². The fourth-order valence-electron chi connectivity index (χ4n) is 5.08. The molecular weight excluding hydrogens is 456 g/mol. The van der Waals surface area contributed by atoms with Gasteiger partial charge in [0, 0.05) is 22.0 Å². The Labute approximate surface area is 210 Å². The van der Waals surface area contributed by atoms with Crippen LogP contribution in [-0.4, -0.2) is 43.9 Å². The minimum absolute atomic E-state index is 0.0364. The molecule has 1 heterocycles. The zero-order valence-corrected chi connectivity index (χ0v) is 21.0. The van der Waals surface area contributed by atoms with Gasteiger partial charge >= 0.3 is 5.97 Å². The average Bonchev–Trinajstić information content (AvgIpc) is 3.30. The van der Waals surface area contributed by atoms with Crippen molar-refractivity contribution in [2.24, 2.45) is 0 Å². The number of H-pyrrole nitrogens is 1. The molecule has 2 aromatic carbocycles. The maximum Gasteiger partial charge on any atom is 0.337 e. The normalized spacial score (nSPS) is 14.5. The Balaban J connectivity index is 1.90. The molecule has 7 heteroatoms. The summed E-state index contributed by atoms with van der Waals surface area (Å²) in [5, 5.41) is 3.68. The van der Waals surface area contributed by atoms with Gasteiger partial charge in [0.2, 0.25) is 5.91 Å². The largest absolute Gasteiger partial charge is 0.497 e. The van der Waals surface area contributed by atoms with Crippen molar-refractivity contribution in [2.45, 2.75) is 44.9 Å². The van der Waals surface area contributed by atoms with Crippen LogP contribution < -0.4 is 10.1 Å². The lowest BCUT2D eigenvalue weighted by Crippen LogP contribution is -2.25. The molecule has 0 saturated heterocycles. The van der Waals surface area contributed by atoms with Crippen molar-refractivity contribution in [3.63, 3.8) is 0 Å².